The normalized spacial score (nSPS) is 18.0. The number of hydrogen-bond acceptors (Lipinski definition) is 6. The van der Waals surface area contributed by atoms with Gasteiger partial charge in [-0.1, -0.05) is 0 Å². The van der Waals surface area contributed by atoms with Gasteiger partial charge in [0.1, 0.15) is 12.0 Å². The maximum absolute atomic E-state index is 12.3. The zero-order valence-corrected chi connectivity index (χ0v) is 11.8. The molecule has 0 spiro atoms. The van der Waals surface area contributed by atoms with Gasteiger partial charge in [-0.2, -0.15) is 0 Å². The summed E-state index contributed by atoms with van der Waals surface area (Å²) in [5.41, 5.74) is -0.0293. The predicted molar refractivity (Wildman–Crippen MR) is 76.4 cm³/mol. The summed E-state index contributed by atoms with van der Waals surface area (Å²) in [6, 6.07) is 1.17. The number of carbonyl (C=O) groups is 1. The van der Waals surface area contributed by atoms with Gasteiger partial charge in [0.25, 0.3) is 11.6 Å². The fourth-order valence-electron chi connectivity index (χ4n) is 2.15. The second-order valence-corrected chi connectivity index (χ2v) is 4.76. The summed E-state index contributed by atoms with van der Waals surface area (Å²) >= 11 is 0. The van der Waals surface area contributed by atoms with Gasteiger partial charge in [-0.25, -0.2) is 4.98 Å². The Morgan fingerprint density at radius 1 is 1.62 bits per heavy atom. The van der Waals surface area contributed by atoms with E-state index >= 15 is 0 Å². The smallest absolute Gasteiger partial charge is 0.288 e. The van der Waals surface area contributed by atoms with Crippen LogP contribution in [0.1, 0.15) is 30.1 Å². The molecule has 2 N–H and O–H groups in total. The Labute approximate surface area is 122 Å². The second kappa shape index (κ2) is 6.98. The number of hydrogen-bond donors (Lipinski definition) is 2. The van der Waals surface area contributed by atoms with Crippen molar-refractivity contribution in [3.63, 3.8) is 0 Å². The molecule has 1 aromatic heterocycles. The van der Waals surface area contributed by atoms with Crippen LogP contribution in [0.3, 0.4) is 0 Å². The Kier molecular flexibility index (Phi) is 5.04. The van der Waals surface area contributed by atoms with Gasteiger partial charge in [0.05, 0.1) is 23.1 Å². The molecule has 1 fully saturated rings. The molecule has 0 saturated carbocycles. The van der Waals surface area contributed by atoms with Crippen molar-refractivity contribution in [3.8, 4) is 0 Å². The number of rotatable bonds is 5. The van der Waals surface area contributed by atoms with Crippen molar-refractivity contribution >= 4 is 17.4 Å². The SMILES string of the molecule is CCNc1ncc([N+](=O)[O-])cc1C(=O)NC1CCCOC1. The number of carbonyl (C=O) groups excluding carboxylic acids is 1. The van der Waals surface area contributed by atoms with E-state index in [1.807, 2.05) is 6.92 Å². The molecule has 21 heavy (non-hydrogen) atoms. The summed E-state index contributed by atoms with van der Waals surface area (Å²) in [5.74, 6) is -0.0324. The van der Waals surface area contributed by atoms with Crippen molar-refractivity contribution in [1.29, 1.82) is 0 Å². The second-order valence-electron chi connectivity index (χ2n) is 4.76. The Morgan fingerprint density at radius 2 is 2.43 bits per heavy atom. The third-order valence-corrected chi connectivity index (χ3v) is 3.17. The first kappa shape index (κ1) is 15.2. The van der Waals surface area contributed by atoms with Gasteiger partial charge in [-0.05, 0) is 19.8 Å². The number of nitrogens with one attached hydrogen (secondary N) is 2. The van der Waals surface area contributed by atoms with E-state index < -0.39 is 4.92 Å². The van der Waals surface area contributed by atoms with E-state index in [0.717, 1.165) is 19.0 Å². The lowest BCUT2D eigenvalue weighted by atomic mass is 10.1. The quantitative estimate of drug-likeness (QED) is 0.626. The van der Waals surface area contributed by atoms with Gasteiger partial charge in [0, 0.05) is 19.2 Å². The van der Waals surface area contributed by atoms with Crippen molar-refractivity contribution in [2.45, 2.75) is 25.8 Å². The molecule has 0 aromatic carbocycles. The standard InChI is InChI=1S/C13H18N4O4/c1-2-14-12-11(6-10(7-15-12)17(19)20)13(18)16-9-4-3-5-21-8-9/h6-7,9H,2-5,8H2,1H3,(H,14,15)(H,16,18). The van der Waals surface area contributed by atoms with Crippen LogP contribution in [-0.4, -0.2) is 41.6 Å². The highest BCUT2D eigenvalue weighted by Crippen LogP contribution is 2.19. The molecule has 0 aliphatic carbocycles. The lowest BCUT2D eigenvalue weighted by Gasteiger charge is -2.23. The molecule has 2 rings (SSSR count). The van der Waals surface area contributed by atoms with Crippen molar-refractivity contribution in [2.75, 3.05) is 25.1 Å². The molecule has 2 heterocycles. The van der Waals surface area contributed by atoms with Gasteiger partial charge in [0.15, 0.2) is 0 Å². The van der Waals surface area contributed by atoms with Crippen molar-refractivity contribution < 1.29 is 14.5 Å². The van der Waals surface area contributed by atoms with Gasteiger partial charge in [-0.15, -0.1) is 0 Å². The van der Waals surface area contributed by atoms with E-state index in [9.17, 15) is 14.9 Å². The summed E-state index contributed by atoms with van der Waals surface area (Å²) in [7, 11) is 0. The maximum Gasteiger partial charge on any atom is 0.288 e. The third-order valence-electron chi connectivity index (χ3n) is 3.17. The fourth-order valence-corrected chi connectivity index (χ4v) is 2.15. The van der Waals surface area contributed by atoms with Gasteiger partial charge in [-0.3, -0.25) is 14.9 Å². The minimum atomic E-state index is -0.566. The number of ether oxygens (including phenoxy) is 1. The van der Waals surface area contributed by atoms with Crippen LogP contribution in [0.15, 0.2) is 12.3 Å². The monoisotopic (exact) mass is 294 g/mol. The molecule has 1 atom stereocenters. The highest BCUT2D eigenvalue weighted by Gasteiger charge is 2.22. The van der Waals surface area contributed by atoms with Crippen molar-refractivity contribution in [3.05, 3.63) is 27.9 Å². The lowest BCUT2D eigenvalue weighted by molar-refractivity contribution is -0.385. The van der Waals surface area contributed by atoms with E-state index in [1.165, 1.54) is 6.07 Å². The number of nitrogens with zero attached hydrogens (tertiary/aromatic N) is 2. The van der Waals surface area contributed by atoms with Crippen LogP contribution >= 0.6 is 0 Å². The summed E-state index contributed by atoms with van der Waals surface area (Å²) in [5, 5.41) is 16.6. The number of aromatic nitrogens is 1. The maximum atomic E-state index is 12.3. The van der Waals surface area contributed by atoms with Crippen LogP contribution in [-0.2, 0) is 4.74 Å². The number of pyridine rings is 1. The van der Waals surface area contributed by atoms with Crippen molar-refractivity contribution in [2.24, 2.45) is 0 Å². The zero-order valence-electron chi connectivity index (χ0n) is 11.8. The molecule has 1 unspecified atom stereocenters. The van der Waals surface area contributed by atoms with Crippen molar-refractivity contribution in [1.82, 2.24) is 10.3 Å². The topological polar surface area (TPSA) is 106 Å². The number of amides is 1. The highest BCUT2D eigenvalue weighted by atomic mass is 16.6. The first-order valence-corrected chi connectivity index (χ1v) is 6.88. The Bertz CT molecular complexity index is 529. The Morgan fingerprint density at radius 3 is 3.05 bits per heavy atom. The van der Waals surface area contributed by atoms with Gasteiger partial charge < -0.3 is 15.4 Å². The van der Waals surface area contributed by atoms with Crippen LogP contribution in [0.5, 0.6) is 0 Å². The van der Waals surface area contributed by atoms with Gasteiger partial charge >= 0.3 is 0 Å². The Hall–Kier alpha value is -2.22. The molecular weight excluding hydrogens is 276 g/mol. The van der Waals surface area contributed by atoms with E-state index in [0.29, 0.717) is 25.6 Å². The molecule has 0 bridgehead atoms. The molecule has 1 aromatic rings. The summed E-state index contributed by atoms with van der Waals surface area (Å²) in [6.07, 6.45) is 2.86. The highest BCUT2D eigenvalue weighted by molar-refractivity contribution is 5.99. The molecule has 1 aliphatic heterocycles. The third kappa shape index (κ3) is 3.88. The van der Waals surface area contributed by atoms with E-state index in [4.69, 9.17) is 4.74 Å². The lowest BCUT2D eigenvalue weighted by Crippen LogP contribution is -2.40. The summed E-state index contributed by atoms with van der Waals surface area (Å²) in [6.45, 7) is 3.59. The number of nitro groups is 1. The zero-order chi connectivity index (χ0) is 15.2. The molecule has 1 amide bonds. The first-order chi connectivity index (χ1) is 10.1. The van der Waals surface area contributed by atoms with Crippen LogP contribution in [0.2, 0.25) is 0 Å². The van der Waals surface area contributed by atoms with Crippen LogP contribution in [0, 0.1) is 10.1 Å². The predicted octanol–water partition coefficient (Wildman–Crippen LogP) is 1.33. The summed E-state index contributed by atoms with van der Waals surface area (Å²) < 4.78 is 5.30. The average molecular weight is 294 g/mol. The molecule has 1 saturated heterocycles. The van der Waals surface area contributed by atoms with Crippen LogP contribution < -0.4 is 10.6 Å². The molecule has 114 valence electrons. The number of anilines is 1. The summed E-state index contributed by atoms with van der Waals surface area (Å²) in [4.78, 5) is 26.5. The minimum absolute atomic E-state index is 0.0695. The van der Waals surface area contributed by atoms with E-state index in [2.05, 4.69) is 15.6 Å². The molecule has 0 radical (unpaired) electrons. The van der Waals surface area contributed by atoms with E-state index in [-0.39, 0.29) is 23.2 Å². The first-order valence-electron chi connectivity index (χ1n) is 6.88. The average Bonchev–Trinajstić information content (AvgIpc) is 2.48. The molecule has 8 heteroatoms. The van der Waals surface area contributed by atoms with E-state index in [1.54, 1.807) is 0 Å². The largest absolute Gasteiger partial charge is 0.379 e. The molecule has 8 nitrogen and oxygen atoms in total. The molecular formula is C13H18N4O4. The van der Waals surface area contributed by atoms with Crippen LogP contribution in [0.4, 0.5) is 11.5 Å². The van der Waals surface area contributed by atoms with Gasteiger partial charge in [0.2, 0.25) is 0 Å². The van der Waals surface area contributed by atoms with Crippen LogP contribution in [0.25, 0.3) is 0 Å². The molecule has 1 aliphatic rings. The Balaban J connectivity index is 2.19. The minimum Gasteiger partial charge on any atom is -0.379 e. The fraction of sp³-hybridized carbons (Fsp3) is 0.538.